The van der Waals surface area contributed by atoms with Crippen molar-refractivity contribution in [3.63, 3.8) is 0 Å². The van der Waals surface area contributed by atoms with Gasteiger partial charge in [-0.2, -0.15) is 4.76 Å². The number of hydrogen-bond donors (Lipinski definition) is 0. The molecular weight excluding hydrogens is 377 g/mol. The van der Waals surface area contributed by atoms with Gasteiger partial charge in [0.2, 0.25) is 0 Å². The van der Waals surface area contributed by atoms with Gasteiger partial charge in [-0.15, -0.1) is 0 Å². The summed E-state index contributed by atoms with van der Waals surface area (Å²) in [6.45, 7) is 17.1. The number of unbranched alkanes of at least 4 members (excludes halogenated alkanes) is 1. The highest BCUT2D eigenvalue weighted by Gasteiger charge is 2.38. The van der Waals surface area contributed by atoms with E-state index in [2.05, 4.69) is 44.7 Å². The Morgan fingerprint density at radius 1 is 1.22 bits per heavy atom. The van der Waals surface area contributed by atoms with Crippen LogP contribution in [-0.2, 0) is 18.0 Å². The molecule has 0 aromatic rings. The SMILES string of the molecule is CC1(C)COP(=O)(/N=C2\CCC=C2CCCCO[Si](C)(C)C(C)(C)C)OC1. The van der Waals surface area contributed by atoms with Crippen LogP contribution in [0.3, 0.4) is 0 Å². The van der Waals surface area contributed by atoms with Gasteiger partial charge in [-0.05, 0) is 55.8 Å². The summed E-state index contributed by atoms with van der Waals surface area (Å²) in [5, 5.41) is 0.252. The molecule has 0 amide bonds. The van der Waals surface area contributed by atoms with Crippen LogP contribution in [0, 0.1) is 5.41 Å². The Balaban J connectivity index is 1.81. The van der Waals surface area contributed by atoms with Crippen molar-refractivity contribution in [2.75, 3.05) is 19.8 Å². The van der Waals surface area contributed by atoms with Crippen LogP contribution in [0.25, 0.3) is 0 Å². The third-order valence-electron chi connectivity index (χ3n) is 5.73. The minimum absolute atomic E-state index is 0.105. The first-order valence-electron chi connectivity index (χ1n) is 10.2. The first-order chi connectivity index (χ1) is 12.3. The zero-order valence-electron chi connectivity index (χ0n) is 18.3. The molecular formula is C20H38NO4PSi. The van der Waals surface area contributed by atoms with Crippen molar-refractivity contribution in [3.05, 3.63) is 11.6 Å². The van der Waals surface area contributed by atoms with Crippen LogP contribution in [0.15, 0.2) is 16.4 Å². The second kappa shape index (κ2) is 8.62. The van der Waals surface area contributed by atoms with E-state index >= 15 is 0 Å². The highest BCUT2D eigenvalue weighted by atomic mass is 31.2. The lowest BCUT2D eigenvalue weighted by Crippen LogP contribution is -2.40. The molecule has 0 saturated carbocycles. The highest BCUT2D eigenvalue weighted by Crippen LogP contribution is 2.55. The molecule has 0 bridgehead atoms. The summed E-state index contributed by atoms with van der Waals surface area (Å²) >= 11 is 0. The summed E-state index contributed by atoms with van der Waals surface area (Å²) in [5.74, 6) is 0. The fourth-order valence-electron chi connectivity index (χ4n) is 2.78. The average molecular weight is 416 g/mol. The van der Waals surface area contributed by atoms with Crippen molar-refractivity contribution in [1.29, 1.82) is 0 Å². The topological polar surface area (TPSA) is 57.1 Å². The molecule has 0 N–H and O–H groups in total. The molecule has 1 heterocycles. The zero-order chi connectivity index (χ0) is 20.3. The summed E-state index contributed by atoms with van der Waals surface area (Å²) in [5.41, 5.74) is 2.00. The maximum atomic E-state index is 12.7. The average Bonchev–Trinajstić information content (AvgIpc) is 2.96. The van der Waals surface area contributed by atoms with Gasteiger partial charge >= 0.3 is 7.75 Å². The van der Waals surface area contributed by atoms with Gasteiger partial charge in [0.25, 0.3) is 0 Å². The molecule has 5 nitrogen and oxygen atoms in total. The van der Waals surface area contributed by atoms with Crippen LogP contribution in [-0.4, -0.2) is 33.8 Å². The predicted molar refractivity (Wildman–Crippen MR) is 115 cm³/mol. The minimum atomic E-state index is -3.34. The second-order valence-electron chi connectivity index (χ2n) is 10.1. The summed E-state index contributed by atoms with van der Waals surface area (Å²) in [4.78, 5) is 0. The lowest BCUT2D eigenvalue weighted by atomic mass is 9.97. The Labute approximate surface area is 166 Å². The van der Waals surface area contributed by atoms with Crippen LogP contribution in [0.1, 0.15) is 66.7 Å². The molecule has 0 aromatic heterocycles. The van der Waals surface area contributed by atoms with Crippen molar-refractivity contribution in [2.45, 2.75) is 84.9 Å². The van der Waals surface area contributed by atoms with Crippen LogP contribution in [0.2, 0.25) is 18.1 Å². The van der Waals surface area contributed by atoms with Gasteiger partial charge in [0.05, 0.1) is 18.9 Å². The standard InChI is InChI=1S/C20H38NO4PSi/c1-19(2,3)27(6,7)25-14-9-8-11-17-12-10-13-18(17)21-26(22)23-15-20(4,5)16-24-26/h12H,8-11,13-16H2,1-7H3/b21-18+. The third-order valence-corrected chi connectivity index (χ3v) is 11.7. The first-order valence-corrected chi connectivity index (χ1v) is 14.6. The Hall–Kier alpha value is -0.263. The lowest BCUT2D eigenvalue weighted by Gasteiger charge is -2.36. The number of rotatable bonds is 7. The molecule has 1 saturated heterocycles. The van der Waals surface area contributed by atoms with Gasteiger partial charge in [-0.1, -0.05) is 40.7 Å². The van der Waals surface area contributed by atoms with E-state index < -0.39 is 16.1 Å². The molecule has 0 aromatic carbocycles. The molecule has 2 rings (SSSR count). The summed E-state index contributed by atoms with van der Waals surface area (Å²) < 4.78 is 34.4. The molecule has 27 heavy (non-hydrogen) atoms. The van der Waals surface area contributed by atoms with E-state index in [0.29, 0.717) is 13.2 Å². The van der Waals surface area contributed by atoms with Gasteiger partial charge in [0.15, 0.2) is 8.32 Å². The van der Waals surface area contributed by atoms with Crippen molar-refractivity contribution >= 4 is 21.8 Å². The van der Waals surface area contributed by atoms with Gasteiger partial charge in [0, 0.05) is 12.0 Å². The zero-order valence-corrected chi connectivity index (χ0v) is 20.2. The van der Waals surface area contributed by atoms with Gasteiger partial charge in [0.1, 0.15) is 0 Å². The third kappa shape index (κ3) is 6.64. The lowest BCUT2D eigenvalue weighted by molar-refractivity contribution is 0.0418. The van der Waals surface area contributed by atoms with Gasteiger partial charge in [-0.3, -0.25) is 9.05 Å². The molecule has 0 atom stereocenters. The molecule has 7 heteroatoms. The molecule has 0 radical (unpaired) electrons. The van der Waals surface area contributed by atoms with E-state index in [1.807, 2.05) is 13.8 Å². The van der Waals surface area contributed by atoms with Gasteiger partial charge in [-0.25, -0.2) is 4.57 Å². The molecule has 2 aliphatic rings. The monoisotopic (exact) mass is 415 g/mol. The molecule has 1 fully saturated rings. The second-order valence-corrected chi connectivity index (χ2v) is 16.5. The summed E-state index contributed by atoms with van der Waals surface area (Å²) in [6.07, 6.45) is 7.04. The molecule has 156 valence electrons. The van der Waals surface area contributed by atoms with Gasteiger partial charge < -0.3 is 4.43 Å². The van der Waals surface area contributed by atoms with E-state index in [1.54, 1.807) is 0 Å². The van der Waals surface area contributed by atoms with Crippen molar-refractivity contribution in [3.8, 4) is 0 Å². The maximum absolute atomic E-state index is 12.7. The Kier molecular flexibility index (Phi) is 7.35. The molecule has 1 aliphatic heterocycles. The minimum Gasteiger partial charge on any atom is -0.417 e. The number of allylic oxidation sites excluding steroid dienone is 2. The van der Waals surface area contributed by atoms with Crippen molar-refractivity contribution in [1.82, 2.24) is 0 Å². The number of hydrogen-bond acceptors (Lipinski definition) is 4. The maximum Gasteiger partial charge on any atom is 0.454 e. The molecule has 0 unspecified atom stereocenters. The first kappa shape index (κ1) is 23.0. The largest absolute Gasteiger partial charge is 0.454 e. The quantitative estimate of drug-likeness (QED) is 0.270. The smallest absolute Gasteiger partial charge is 0.417 e. The van der Waals surface area contributed by atoms with Crippen LogP contribution in [0.5, 0.6) is 0 Å². The van der Waals surface area contributed by atoms with E-state index in [9.17, 15) is 4.57 Å². The van der Waals surface area contributed by atoms with E-state index in [4.69, 9.17) is 13.5 Å². The molecule has 0 spiro atoms. The Bertz CT molecular complexity index is 620. The normalized spacial score (nSPS) is 24.3. The Morgan fingerprint density at radius 2 is 1.85 bits per heavy atom. The summed E-state index contributed by atoms with van der Waals surface area (Å²) in [7, 11) is -5.00. The van der Waals surface area contributed by atoms with Crippen molar-refractivity contribution in [2.24, 2.45) is 10.2 Å². The predicted octanol–water partition coefficient (Wildman–Crippen LogP) is 6.52. The number of nitrogens with zero attached hydrogens (tertiary/aromatic N) is 1. The Morgan fingerprint density at radius 3 is 2.44 bits per heavy atom. The van der Waals surface area contributed by atoms with Crippen LogP contribution >= 0.6 is 7.75 Å². The van der Waals surface area contributed by atoms with E-state index in [1.165, 1.54) is 5.57 Å². The fourth-order valence-corrected chi connectivity index (χ4v) is 5.61. The molecule has 1 aliphatic carbocycles. The van der Waals surface area contributed by atoms with Crippen LogP contribution in [0.4, 0.5) is 0 Å². The summed E-state index contributed by atoms with van der Waals surface area (Å²) in [6, 6.07) is 0. The van der Waals surface area contributed by atoms with E-state index in [0.717, 1.165) is 44.4 Å². The van der Waals surface area contributed by atoms with Crippen molar-refractivity contribution < 1.29 is 18.0 Å². The van der Waals surface area contributed by atoms with E-state index in [-0.39, 0.29) is 10.5 Å². The highest BCUT2D eigenvalue weighted by molar-refractivity contribution is 7.52. The fraction of sp³-hybridized carbons (Fsp3) is 0.850. The van der Waals surface area contributed by atoms with Crippen LogP contribution < -0.4 is 0 Å².